The van der Waals surface area contributed by atoms with E-state index in [2.05, 4.69) is 31.1 Å². The highest BCUT2D eigenvalue weighted by molar-refractivity contribution is 5.84. The lowest BCUT2D eigenvalue weighted by atomic mass is 9.71. The van der Waals surface area contributed by atoms with Crippen LogP contribution < -0.4 is 0 Å². The monoisotopic (exact) mass is 237 g/mol. The van der Waals surface area contributed by atoms with Crippen molar-refractivity contribution in [3.63, 3.8) is 0 Å². The Morgan fingerprint density at radius 1 is 1.53 bits per heavy atom. The van der Waals surface area contributed by atoms with Crippen molar-refractivity contribution >= 4 is 5.97 Å². The maximum Gasteiger partial charge on any atom is 0.358 e. The molecule has 1 aromatic heterocycles. The first-order valence-corrected chi connectivity index (χ1v) is 6.02. The first kappa shape index (κ1) is 12.1. The van der Waals surface area contributed by atoms with E-state index in [9.17, 15) is 4.79 Å². The van der Waals surface area contributed by atoms with Gasteiger partial charge in [0.2, 0.25) is 0 Å². The number of hydrogen-bond donors (Lipinski definition) is 1. The van der Waals surface area contributed by atoms with Gasteiger partial charge in [-0.2, -0.15) is 0 Å². The second-order valence-electron chi connectivity index (χ2n) is 5.96. The van der Waals surface area contributed by atoms with Crippen molar-refractivity contribution in [2.45, 2.75) is 46.1 Å². The predicted octanol–water partition coefficient (Wildman–Crippen LogP) is 2.36. The Kier molecular flexibility index (Phi) is 2.93. The summed E-state index contributed by atoms with van der Waals surface area (Å²) in [6.45, 7) is 6.75. The molecule has 0 aromatic carbocycles. The highest BCUT2D eigenvalue weighted by atomic mass is 16.4. The van der Waals surface area contributed by atoms with Gasteiger partial charge in [0.15, 0.2) is 5.69 Å². The van der Waals surface area contributed by atoms with Crippen molar-refractivity contribution in [1.82, 2.24) is 15.0 Å². The van der Waals surface area contributed by atoms with E-state index in [1.807, 2.05) is 0 Å². The maximum absolute atomic E-state index is 10.8. The van der Waals surface area contributed by atoms with Gasteiger partial charge in [-0.25, -0.2) is 9.48 Å². The van der Waals surface area contributed by atoms with Gasteiger partial charge in [-0.05, 0) is 30.6 Å². The van der Waals surface area contributed by atoms with Crippen molar-refractivity contribution in [3.8, 4) is 0 Å². The molecule has 1 aliphatic carbocycles. The van der Waals surface area contributed by atoms with Gasteiger partial charge >= 0.3 is 5.97 Å². The van der Waals surface area contributed by atoms with Crippen LogP contribution >= 0.6 is 0 Å². The lowest BCUT2D eigenvalue weighted by Crippen LogP contribution is -2.29. The summed E-state index contributed by atoms with van der Waals surface area (Å²) in [4.78, 5) is 10.8. The molecule has 94 valence electrons. The van der Waals surface area contributed by atoms with Gasteiger partial charge in [0.05, 0.1) is 12.2 Å². The van der Waals surface area contributed by atoms with E-state index in [1.165, 1.54) is 6.42 Å². The molecule has 0 aliphatic heterocycles. The molecule has 1 fully saturated rings. The molecule has 1 aromatic rings. The van der Waals surface area contributed by atoms with Crippen LogP contribution in [0.5, 0.6) is 0 Å². The maximum atomic E-state index is 10.8. The largest absolute Gasteiger partial charge is 0.476 e. The lowest BCUT2D eigenvalue weighted by molar-refractivity contribution is 0.0690. The van der Waals surface area contributed by atoms with E-state index < -0.39 is 5.97 Å². The van der Waals surface area contributed by atoms with Crippen molar-refractivity contribution in [1.29, 1.82) is 0 Å². The average molecular weight is 237 g/mol. The van der Waals surface area contributed by atoms with Gasteiger partial charge in [-0.15, -0.1) is 5.10 Å². The lowest BCUT2D eigenvalue weighted by Gasteiger charge is -2.38. The highest BCUT2D eigenvalue weighted by Crippen LogP contribution is 2.43. The van der Waals surface area contributed by atoms with Crippen LogP contribution in [0.4, 0.5) is 0 Å². The van der Waals surface area contributed by atoms with E-state index in [0.29, 0.717) is 5.92 Å². The molecule has 0 unspecified atom stereocenters. The summed E-state index contributed by atoms with van der Waals surface area (Å²) in [5.74, 6) is -0.374. The van der Waals surface area contributed by atoms with Gasteiger partial charge in [0.1, 0.15) is 0 Å². The van der Waals surface area contributed by atoms with Crippen LogP contribution in [-0.4, -0.2) is 26.1 Å². The van der Waals surface area contributed by atoms with E-state index in [1.54, 1.807) is 10.9 Å². The molecule has 5 heteroatoms. The molecule has 1 aliphatic rings. The van der Waals surface area contributed by atoms with E-state index in [0.717, 1.165) is 12.8 Å². The van der Waals surface area contributed by atoms with Gasteiger partial charge < -0.3 is 5.11 Å². The van der Waals surface area contributed by atoms with E-state index in [4.69, 9.17) is 5.11 Å². The molecule has 1 N–H and O–H groups in total. The zero-order chi connectivity index (χ0) is 12.6. The molecule has 0 amide bonds. The summed E-state index contributed by atoms with van der Waals surface area (Å²) in [5.41, 5.74) is 0.318. The molecule has 5 nitrogen and oxygen atoms in total. The number of hydrogen-bond acceptors (Lipinski definition) is 3. The molecular formula is C12H19N3O2. The minimum Gasteiger partial charge on any atom is -0.476 e. The van der Waals surface area contributed by atoms with Crippen LogP contribution in [0.2, 0.25) is 0 Å². The molecule has 17 heavy (non-hydrogen) atoms. The zero-order valence-corrected chi connectivity index (χ0v) is 10.6. The fourth-order valence-corrected chi connectivity index (χ4v) is 3.05. The van der Waals surface area contributed by atoms with E-state index in [-0.39, 0.29) is 17.2 Å². The third-order valence-corrected chi connectivity index (χ3v) is 3.47. The third-order valence-electron chi connectivity index (χ3n) is 3.47. The Balaban J connectivity index is 2.18. The fourth-order valence-electron chi connectivity index (χ4n) is 3.05. The standard InChI is InChI=1S/C12H19N3O2/c1-8-4-9(6-12(2,3)5-8)15-7-10(11(16)17)13-14-15/h7-9H,4-6H2,1-3H3,(H,16,17)/t8-,9-/m1/s1. The molecule has 2 atom stereocenters. The highest BCUT2D eigenvalue weighted by Gasteiger charge is 2.33. The Labute approximate surface area is 101 Å². The molecule has 1 heterocycles. The molecule has 0 spiro atoms. The van der Waals surface area contributed by atoms with Crippen LogP contribution in [0.15, 0.2) is 6.20 Å². The van der Waals surface area contributed by atoms with Crippen LogP contribution in [0.3, 0.4) is 0 Å². The average Bonchev–Trinajstić information content (AvgIpc) is 2.62. The second-order valence-corrected chi connectivity index (χ2v) is 5.96. The summed E-state index contributed by atoms with van der Waals surface area (Å²) in [7, 11) is 0. The van der Waals surface area contributed by atoms with Crippen LogP contribution in [0, 0.1) is 11.3 Å². The molecule has 0 saturated heterocycles. The predicted molar refractivity (Wildman–Crippen MR) is 62.8 cm³/mol. The van der Waals surface area contributed by atoms with Gasteiger partial charge in [-0.3, -0.25) is 0 Å². The molecule has 1 saturated carbocycles. The summed E-state index contributed by atoms with van der Waals surface area (Å²) < 4.78 is 1.72. The number of carboxylic acid groups (broad SMARTS) is 1. The Morgan fingerprint density at radius 2 is 2.24 bits per heavy atom. The first-order valence-electron chi connectivity index (χ1n) is 6.02. The first-order chi connectivity index (χ1) is 7.87. The molecular weight excluding hydrogens is 218 g/mol. The fraction of sp³-hybridized carbons (Fsp3) is 0.750. The van der Waals surface area contributed by atoms with Gasteiger partial charge in [-0.1, -0.05) is 26.0 Å². The number of aromatic nitrogens is 3. The topological polar surface area (TPSA) is 68.0 Å². The summed E-state index contributed by atoms with van der Waals surface area (Å²) in [6, 6.07) is 0.273. The zero-order valence-electron chi connectivity index (χ0n) is 10.6. The number of carbonyl (C=O) groups is 1. The van der Waals surface area contributed by atoms with Crippen molar-refractivity contribution in [3.05, 3.63) is 11.9 Å². The normalized spacial score (nSPS) is 27.9. The van der Waals surface area contributed by atoms with Crippen LogP contribution in [-0.2, 0) is 0 Å². The van der Waals surface area contributed by atoms with Crippen LogP contribution in [0.25, 0.3) is 0 Å². The van der Waals surface area contributed by atoms with E-state index >= 15 is 0 Å². The number of rotatable bonds is 2. The summed E-state index contributed by atoms with van der Waals surface area (Å²) in [6.07, 6.45) is 4.83. The quantitative estimate of drug-likeness (QED) is 0.857. The van der Waals surface area contributed by atoms with Gasteiger partial charge in [0.25, 0.3) is 0 Å². The van der Waals surface area contributed by atoms with Gasteiger partial charge in [0, 0.05) is 0 Å². The number of carboxylic acids is 1. The summed E-state index contributed by atoms with van der Waals surface area (Å²) >= 11 is 0. The second kappa shape index (κ2) is 4.13. The Bertz CT molecular complexity index is 425. The smallest absolute Gasteiger partial charge is 0.358 e. The number of aromatic carboxylic acids is 1. The minimum absolute atomic E-state index is 0.0287. The molecule has 0 bridgehead atoms. The van der Waals surface area contributed by atoms with Crippen molar-refractivity contribution in [2.75, 3.05) is 0 Å². The summed E-state index contributed by atoms with van der Waals surface area (Å²) in [5, 5.41) is 16.5. The molecule has 0 radical (unpaired) electrons. The third kappa shape index (κ3) is 2.65. The minimum atomic E-state index is -1.01. The number of nitrogens with zero attached hydrogens (tertiary/aromatic N) is 3. The van der Waals surface area contributed by atoms with Crippen LogP contribution in [0.1, 0.15) is 56.6 Å². The Hall–Kier alpha value is -1.39. The molecule has 2 rings (SSSR count). The Morgan fingerprint density at radius 3 is 2.76 bits per heavy atom. The van der Waals surface area contributed by atoms with Crippen molar-refractivity contribution < 1.29 is 9.90 Å². The SMILES string of the molecule is C[C@@H]1C[C@@H](n2cc(C(=O)O)nn2)CC(C)(C)C1. The van der Waals surface area contributed by atoms with Crippen molar-refractivity contribution in [2.24, 2.45) is 11.3 Å².